The van der Waals surface area contributed by atoms with E-state index in [-0.39, 0.29) is 34.6 Å². The number of hydrogen-bond acceptors (Lipinski definition) is 4. The summed E-state index contributed by atoms with van der Waals surface area (Å²) in [4.78, 5) is 12.9. The number of para-hydroxylation sites is 1. The summed E-state index contributed by atoms with van der Waals surface area (Å²) in [5.41, 5.74) is 0.835. The van der Waals surface area contributed by atoms with Crippen molar-refractivity contribution in [3.63, 3.8) is 0 Å². The van der Waals surface area contributed by atoms with Gasteiger partial charge in [-0.15, -0.1) is 0 Å². The molecule has 1 saturated carbocycles. The molecule has 1 fully saturated rings. The first-order valence-electron chi connectivity index (χ1n) is 11.7. The third-order valence-electron chi connectivity index (χ3n) is 6.26. The van der Waals surface area contributed by atoms with Crippen LogP contribution in [0.4, 0.5) is 4.39 Å². The lowest BCUT2D eigenvalue weighted by Gasteiger charge is -2.29. The van der Waals surface area contributed by atoms with Crippen LogP contribution in [0.1, 0.15) is 44.2 Å². The Morgan fingerprint density at radius 3 is 2.11 bits per heavy atom. The Bertz CT molecular complexity index is 1220. The zero-order chi connectivity index (χ0) is 24.8. The molecule has 1 atom stereocenters. The first kappa shape index (κ1) is 24.9. The quantitative estimate of drug-likeness (QED) is 0.441. The van der Waals surface area contributed by atoms with Gasteiger partial charge in [-0.25, -0.2) is 17.5 Å². The molecule has 35 heavy (non-hydrogen) atoms. The van der Waals surface area contributed by atoms with Gasteiger partial charge in [0, 0.05) is 12.0 Å². The van der Waals surface area contributed by atoms with Gasteiger partial charge in [-0.2, -0.15) is 0 Å². The van der Waals surface area contributed by atoms with Crippen LogP contribution in [0, 0.1) is 11.7 Å². The van der Waals surface area contributed by atoms with Gasteiger partial charge in [0.1, 0.15) is 17.3 Å². The van der Waals surface area contributed by atoms with E-state index in [1.807, 2.05) is 37.3 Å². The van der Waals surface area contributed by atoms with E-state index in [1.165, 1.54) is 24.3 Å². The molecule has 1 aliphatic carbocycles. The molecule has 3 aromatic rings. The van der Waals surface area contributed by atoms with Crippen molar-refractivity contribution >= 4 is 15.9 Å². The van der Waals surface area contributed by atoms with Crippen LogP contribution in [-0.4, -0.2) is 20.4 Å². The highest BCUT2D eigenvalue weighted by atomic mass is 32.2. The highest BCUT2D eigenvalue weighted by Crippen LogP contribution is 2.28. The van der Waals surface area contributed by atoms with Crippen molar-refractivity contribution in [3.05, 3.63) is 90.2 Å². The normalized spacial score (nSPS) is 19.0. The summed E-state index contributed by atoms with van der Waals surface area (Å²) in [6, 6.07) is 21.2. The standard InChI is InChI=1S/C27H29FN2O4S/c1-19(20-7-11-22(28)12-8-20)29-27(31)21-9-13-23(14-10-21)30-35(32,33)26-17-15-25(16-18-26)34-24-5-3-2-4-6-24/h2-8,11-12,15-19,21,23,30H,9-10,13-14H2,1H3,(H,29,31). The van der Waals surface area contributed by atoms with Crippen molar-refractivity contribution < 1.29 is 22.3 Å². The predicted molar refractivity (Wildman–Crippen MR) is 132 cm³/mol. The van der Waals surface area contributed by atoms with Crippen LogP contribution in [0.25, 0.3) is 0 Å². The Hall–Kier alpha value is -3.23. The Morgan fingerprint density at radius 1 is 0.886 bits per heavy atom. The maximum absolute atomic E-state index is 13.1. The minimum atomic E-state index is -3.68. The molecule has 6 nitrogen and oxygen atoms in total. The molecule has 0 aromatic heterocycles. The lowest BCUT2D eigenvalue weighted by molar-refractivity contribution is -0.126. The lowest BCUT2D eigenvalue weighted by atomic mass is 9.85. The fourth-order valence-electron chi connectivity index (χ4n) is 4.24. The number of carbonyl (C=O) groups excluding carboxylic acids is 1. The van der Waals surface area contributed by atoms with Gasteiger partial charge in [-0.05, 0) is 86.7 Å². The molecule has 184 valence electrons. The van der Waals surface area contributed by atoms with Crippen molar-refractivity contribution in [2.45, 2.75) is 49.6 Å². The zero-order valence-electron chi connectivity index (χ0n) is 19.5. The van der Waals surface area contributed by atoms with Gasteiger partial charge in [0.2, 0.25) is 15.9 Å². The van der Waals surface area contributed by atoms with E-state index in [0.29, 0.717) is 37.2 Å². The monoisotopic (exact) mass is 496 g/mol. The second-order valence-electron chi connectivity index (χ2n) is 8.84. The van der Waals surface area contributed by atoms with Crippen molar-refractivity contribution in [2.75, 3.05) is 0 Å². The largest absolute Gasteiger partial charge is 0.457 e. The summed E-state index contributed by atoms with van der Waals surface area (Å²) in [7, 11) is -3.68. The zero-order valence-corrected chi connectivity index (χ0v) is 20.3. The van der Waals surface area contributed by atoms with Gasteiger partial charge >= 0.3 is 0 Å². The summed E-state index contributed by atoms with van der Waals surface area (Å²) in [6.07, 6.45) is 2.35. The first-order valence-corrected chi connectivity index (χ1v) is 13.2. The number of halogens is 1. The molecule has 0 aliphatic heterocycles. The summed E-state index contributed by atoms with van der Waals surface area (Å²) in [6.45, 7) is 1.86. The Morgan fingerprint density at radius 2 is 1.49 bits per heavy atom. The molecule has 0 radical (unpaired) electrons. The summed E-state index contributed by atoms with van der Waals surface area (Å²) in [5.74, 6) is 0.681. The predicted octanol–water partition coefficient (Wildman–Crippen LogP) is 5.33. The number of amides is 1. The molecule has 0 spiro atoms. The van der Waals surface area contributed by atoms with Crippen LogP contribution in [0.15, 0.2) is 83.8 Å². The second-order valence-corrected chi connectivity index (χ2v) is 10.6. The maximum atomic E-state index is 13.1. The average Bonchev–Trinajstić information content (AvgIpc) is 2.85. The molecule has 8 heteroatoms. The van der Waals surface area contributed by atoms with Crippen LogP contribution in [0.5, 0.6) is 11.5 Å². The third kappa shape index (κ3) is 6.68. The van der Waals surface area contributed by atoms with Crippen molar-refractivity contribution in [3.8, 4) is 11.5 Å². The number of rotatable bonds is 8. The van der Waals surface area contributed by atoms with Gasteiger partial charge in [0.05, 0.1) is 10.9 Å². The van der Waals surface area contributed by atoms with E-state index in [9.17, 15) is 17.6 Å². The summed E-state index contributed by atoms with van der Waals surface area (Å²) in [5, 5.41) is 2.98. The van der Waals surface area contributed by atoms with E-state index in [2.05, 4.69) is 10.0 Å². The summed E-state index contributed by atoms with van der Waals surface area (Å²) >= 11 is 0. The third-order valence-corrected chi connectivity index (χ3v) is 7.80. The number of benzene rings is 3. The molecule has 0 heterocycles. The minimum Gasteiger partial charge on any atom is -0.457 e. The number of hydrogen-bond donors (Lipinski definition) is 2. The molecule has 3 aromatic carbocycles. The Kier molecular flexibility index (Phi) is 7.83. The molecule has 4 rings (SSSR count). The van der Waals surface area contributed by atoms with E-state index < -0.39 is 10.0 Å². The van der Waals surface area contributed by atoms with Crippen LogP contribution in [-0.2, 0) is 14.8 Å². The molecule has 0 saturated heterocycles. The van der Waals surface area contributed by atoms with Gasteiger partial charge in [-0.1, -0.05) is 30.3 Å². The maximum Gasteiger partial charge on any atom is 0.240 e. The van der Waals surface area contributed by atoms with Gasteiger partial charge in [0.15, 0.2) is 0 Å². The van der Waals surface area contributed by atoms with Gasteiger partial charge in [-0.3, -0.25) is 4.79 Å². The number of nitrogens with one attached hydrogen (secondary N) is 2. The molecule has 1 aliphatic rings. The van der Waals surface area contributed by atoms with Crippen LogP contribution in [0.2, 0.25) is 0 Å². The molecular formula is C27H29FN2O4S. The molecule has 1 amide bonds. The number of ether oxygens (including phenoxy) is 1. The first-order chi connectivity index (χ1) is 16.8. The smallest absolute Gasteiger partial charge is 0.240 e. The summed E-state index contributed by atoms with van der Waals surface area (Å²) < 4.78 is 47.3. The van der Waals surface area contributed by atoms with Crippen molar-refractivity contribution in [1.82, 2.24) is 10.0 Å². The Labute approximate surface area is 205 Å². The van der Waals surface area contributed by atoms with E-state index >= 15 is 0 Å². The highest BCUT2D eigenvalue weighted by Gasteiger charge is 2.29. The van der Waals surface area contributed by atoms with Crippen LogP contribution >= 0.6 is 0 Å². The topological polar surface area (TPSA) is 84.5 Å². The van der Waals surface area contributed by atoms with Gasteiger partial charge < -0.3 is 10.1 Å². The molecule has 0 bridgehead atoms. The molecule has 1 unspecified atom stereocenters. The molecular weight excluding hydrogens is 467 g/mol. The highest BCUT2D eigenvalue weighted by molar-refractivity contribution is 7.89. The lowest BCUT2D eigenvalue weighted by Crippen LogP contribution is -2.41. The molecule has 2 N–H and O–H groups in total. The van der Waals surface area contributed by atoms with Crippen LogP contribution < -0.4 is 14.8 Å². The minimum absolute atomic E-state index is 0.0582. The number of sulfonamides is 1. The number of carbonyl (C=O) groups is 1. The van der Waals surface area contributed by atoms with Gasteiger partial charge in [0.25, 0.3) is 0 Å². The SMILES string of the molecule is CC(NC(=O)C1CCC(NS(=O)(=O)c2ccc(Oc3ccccc3)cc2)CC1)c1ccc(F)cc1. The van der Waals surface area contributed by atoms with Crippen molar-refractivity contribution in [1.29, 1.82) is 0 Å². The van der Waals surface area contributed by atoms with E-state index in [0.717, 1.165) is 5.56 Å². The average molecular weight is 497 g/mol. The fraction of sp³-hybridized carbons (Fsp3) is 0.296. The van der Waals surface area contributed by atoms with Crippen LogP contribution in [0.3, 0.4) is 0 Å². The van der Waals surface area contributed by atoms with E-state index in [4.69, 9.17) is 4.74 Å². The van der Waals surface area contributed by atoms with Crippen molar-refractivity contribution in [2.24, 2.45) is 5.92 Å². The second kappa shape index (κ2) is 11.0. The Balaban J connectivity index is 1.27. The fourth-order valence-corrected chi connectivity index (χ4v) is 5.54. The van der Waals surface area contributed by atoms with E-state index in [1.54, 1.807) is 24.3 Å².